The summed E-state index contributed by atoms with van der Waals surface area (Å²) < 4.78 is 22.0. The molecule has 7 heteroatoms. The molecule has 0 bridgehead atoms. The lowest BCUT2D eigenvalue weighted by Crippen LogP contribution is -2.18. The first-order valence-corrected chi connectivity index (χ1v) is 5.36. The van der Waals surface area contributed by atoms with Crippen LogP contribution in [0, 0.1) is 0 Å². The van der Waals surface area contributed by atoms with Crippen molar-refractivity contribution in [3.8, 4) is 0 Å². The van der Waals surface area contributed by atoms with E-state index < -0.39 is 9.84 Å². The predicted octanol–water partition coefficient (Wildman–Crippen LogP) is 0.0603. The largest absolute Gasteiger partial charge is 0.329 e. The smallest absolute Gasteiger partial charge is 0.151 e. The molecule has 0 aromatic rings. The number of nitrogens with two attached hydrogens (primary N) is 1. The zero-order valence-electron chi connectivity index (χ0n) is 6.68. The van der Waals surface area contributed by atoms with E-state index in [1.807, 2.05) is 0 Å². The summed E-state index contributed by atoms with van der Waals surface area (Å²) in [6, 6.07) is 0. The second-order valence-corrected chi connectivity index (χ2v) is 4.55. The van der Waals surface area contributed by atoms with Crippen molar-refractivity contribution in [3.05, 3.63) is 10.4 Å². The molecule has 0 saturated heterocycles. The predicted molar refractivity (Wildman–Crippen MR) is 46.3 cm³/mol. The second kappa shape index (κ2) is 5.82. The van der Waals surface area contributed by atoms with Crippen molar-refractivity contribution in [1.82, 2.24) is 0 Å². The van der Waals surface area contributed by atoms with Crippen molar-refractivity contribution in [3.63, 3.8) is 0 Å². The zero-order valence-corrected chi connectivity index (χ0v) is 7.50. The van der Waals surface area contributed by atoms with Gasteiger partial charge >= 0.3 is 0 Å². The Morgan fingerprint density at radius 1 is 1.42 bits per heavy atom. The van der Waals surface area contributed by atoms with Crippen molar-refractivity contribution in [2.45, 2.75) is 6.42 Å². The van der Waals surface area contributed by atoms with Crippen LogP contribution in [0.25, 0.3) is 10.4 Å². The van der Waals surface area contributed by atoms with E-state index in [4.69, 9.17) is 11.3 Å². The van der Waals surface area contributed by atoms with E-state index in [9.17, 15) is 8.42 Å². The number of hydrogen-bond donors (Lipinski definition) is 1. The van der Waals surface area contributed by atoms with E-state index in [-0.39, 0.29) is 24.6 Å². The van der Waals surface area contributed by atoms with Crippen molar-refractivity contribution >= 4 is 9.84 Å². The van der Waals surface area contributed by atoms with E-state index in [1.54, 1.807) is 0 Å². The van der Waals surface area contributed by atoms with Gasteiger partial charge in [0, 0.05) is 18.0 Å². The molecule has 0 spiro atoms. The second-order valence-electron chi connectivity index (χ2n) is 2.25. The summed E-state index contributed by atoms with van der Waals surface area (Å²) in [4.78, 5) is 2.51. The highest BCUT2D eigenvalue weighted by Gasteiger charge is 2.07. The van der Waals surface area contributed by atoms with E-state index in [0.29, 0.717) is 6.42 Å². The lowest BCUT2D eigenvalue weighted by Gasteiger charge is -1.99. The summed E-state index contributed by atoms with van der Waals surface area (Å²) in [5.41, 5.74) is 13.0. The van der Waals surface area contributed by atoms with Gasteiger partial charge in [-0.25, -0.2) is 8.42 Å². The number of sulfone groups is 1. The summed E-state index contributed by atoms with van der Waals surface area (Å²) >= 11 is 0. The topological polar surface area (TPSA) is 109 Å². The molecule has 0 aliphatic carbocycles. The maximum atomic E-state index is 11.0. The van der Waals surface area contributed by atoms with Gasteiger partial charge in [-0.2, -0.15) is 0 Å². The highest BCUT2D eigenvalue weighted by molar-refractivity contribution is 7.91. The highest BCUT2D eigenvalue weighted by atomic mass is 32.2. The minimum atomic E-state index is -3.02. The van der Waals surface area contributed by atoms with Crippen LogP contribution in [0.4, 0.5) is 0 Å². The third-order valence-electron chi connectivity index (χ3n) is 1.21. The van der Waals surface area contributed by atoms with Crippen molar-refractivity contribution < 1.29 is 8.42 Å². The quantitative estimate of drug-likeness (QED) is 0.278. The molecule has 0 aliphatic rings. The summed E-state index contributed by atoms with van der Waals surface area (Å²) in [7, 11) is -3.02. The van der Waals surface area contributed by atoms with E-state index in [1.165, 1.54) is 0 Å². The van der Waals surface area contributed by atoms with Crippen LogP contribution in [0.1, 0.15) is 6.42 Å². The van der Waals surface area contributed by atoms with Gasteiger partial charge in [0.25, 0.3) is 0 Å². The average molecular weight is 192 g/mol. The molecule has 0 rings (SSSR count). The van der Waals surface area contributed by atoms with Crippen LogP contribution in [0.3, 0.4) is 0 Å². The molecule has 2 N–H and O–H groups in total. The molecule has 6 nitrogen and oxygen atoms in total. The van der Waals surface area contributed by atoms with Gasteiger partial charge in [-0.3, -0.25) is 0 Å². The molecular weight excluding hydrogens is 180 g/mol. The number of azide groups is 1. The summed E-state index contributed by atoms with van der Waals surface area (Å²) in [5.74, 6) is 0.0481. The van der Waals surface area contributed by atoms with Crippen LogP contribution in [-0.4, -0.2) is 33.0 Å². The molecule has 0 saturated carbocycles. The first-order valence-electron chi connectivity index (χ1n) is 3.54. The van der Waals surface area contributed by atoms with Gasteiger partial charge in [0.2, 0.25) is 0 Å². The van der Waals surface area contributed by atoms with E-state index in [2.05, 4.69) is 10.0 Å². The Morgan fingerprint density at radius 3 is 2.58 bits per heavy atom. The van der Waals surface area contributed by atoms with Gasteiger partial charge < -0.3 is 5.73 Å². The van der Waals surface area contributed by atoms with Crippen LogP contribution < -0.4 is 5.73 Å². The highest BCUT2D eigenvalue weighted by Crippen LogP contribution is 1.93. The Balaban J connectivity index is 3.69. The van der Waals surface area contributed by atoms with Crippen LogP contribution in [0.2, 0.25) is 0 Å². The van der Waals surface area contributed by atoms with E-state index >= 15 is 0 Å². The van der Waals surface area contributed by atoms with Crippen molar-refractivity contribution in [2.24, 2.45) is 10.8 Å². The van der Waals surface area contributed by atoms with Gasteiger partial charge in [-0.1, -0.05) is 5.11 Å². The molecule has 0 aromatic heterocycles. The fourth-order valence-electron chi connectivity index (χ4n) is 0.682. The fourth-order valence-corrected chi connectivity index (χ4v) is 1.81. The van der Waals surface area contributed by atoms with Crippen molar-refractivity contribution in [2.75, 3.05) is 24.6 Å². The van der Waals surface area contributed by atoms with Gasteiger partial charge in [-0.05, 0) is 12.0 Å². The molecule has 0 fully saturated rings. The maximum Gasteiger partial charge on any atom is 0.151 e. The lowest BCUT2D eigenvalue weighted by atomic mass is 10.5. The Labute approximate surface area is 71.3 Å². The molecule has 0 radical (unpaired) electrons. The lowest BCUT2D eigenvalue weighted by molar-refractivity contribution is 0.593. The molecule has 0 unspecified atom stereocenters. The molecule has 0 aliphatic heterocycles. The SMILES string of the molecule is [N-]=[N+]=NCCCS(=O)(=O)CCN. The molecule has 0 amide bonds. The normalized spacial score (nSPS) is 10.8. The molecular formula is C5H12N4O2S. The van der Waals surface area contributed by atoms with Crippen LogP contribution in [0.5, 0.6) is 0 Å². The van der Waals surface area contributed by atoms with Crippen LogP contribution in [-0.2, 0) is 9.84 Å². The van der Waals surface area contributed by atoms with E-state index in [0.717, 1.165) is 0 Å². The van der Waals surface area contributed by atoms with Crippen LogP contribution >= 0.6 is 0 Å². The summed E-state index contributed by atoms with van der Waals surface area (Å²) in [6.07, 6.45) is 0.367. The van der Waals surface area contributed by atoms with Gasteiger partial charge in [0.05, 0.1) is 11.5 Å². The van der Waals surface area contributed by atoms with Gasteiger partial charge in [0.1, 0.15) is 0 Å². The molecule has 0 atom stereocenters. The standard InChI is InChI=1S/C5H12N4O2S/c6-2-5-12(10,11)4-1-3-8-9-7/h1-6H2. The monoisotopic (exact) mass is 192 g/mol. The zero-order chi connectivity index (χ0) is 9.45. The Kier molecular flexibility index (Phi) is 5.44. The molecule has 12 heavy (non-hydrogen) atoms. The summed E-state index contributed by atoms with van der Waals surface area (Å²) in [5, 5.41) is 3.22. The third kappa shape index (κ3) is 5.96. The van der Waals surface area contributed by atoms with Crippen LogP contribution in [0.15, 0.2) is 5.11 Å². The first kappa shape index (κ1) is 11.2. The summed E-state index contributed by atoms with van der Waals surface area (Å²) in [6.45, 7) is 0.365. The maximum absolute atomic E-state index is 11.0. The van der Waals surface area contributed by atoms with Gasteiger partial charge in [0.15, 0.2) is 9.84 Å². The Bertz CT molecular complexity index is 255. The molecule has 70 valence electrons. The number of rotatable bonds is 6. The Hall–Kier alpha value is -0.780. The average Bonchev–Trinajstić information content (AvgIpc) is 1.98. The molecule has 0 heterocycles. The third-order valence-corrected chi connectivity index (χ3v) is 2.97. The first-order chi connectivity index (χ1) is 5.62. The minimum absolute atomic E-state index is 0.00324. The van der Waals surface area contributed by atoms with Crippen molar-refractivity contribution in [1.29, 1.82) is 0 Å². The number of nitrogens with zero attached hydrogens (tertiary/aromatic N) is 3. The van der Waals surface area contributed by atoms with Gasteiger partial charge in [-0.15, -0.1) is 0 Å². The number of hydrogen-bond acceptors (Lipinski definition) is 4. The molecule has 0 aromatic carbocycles. The Morgan fingerprint density at radius 2 is 2.08 bits per heavy atom. The minimum Gasteiger partial charge on any atom is -0.329 e. The fraction of sp³-hybridized carbons (Fsp3) is 1.00.